The lowest BCUT2D eigenvalue weighted by Crippen LogP contribution is -2.31. The molecule has 5 nitrogen and oxygen atoms in total. The van der Waals surface area contributed by atoms with Crippen molar-refractivity contribution in [3.8, 4) is 11.8 Å². The number of nitrogens with one attached hydrogen (secondary N) is 1. The fourth-order valence-electron chi connectivity index (χ4n) is 2.55. The fourth-order valence-corrected chi connectivity index (χ4v) is 2.55. The van der Waals surface area contributed by atoms with E-state index in [0.717, 1.165) is 18.2 Å². The minimum atomic E-state index is -0.871. The number of benzene rings is 2. The van der Waals surface area contributed by atoms with Crippen molar-refractivity contribution in [2.75, 3.05) is 6.61 Å². The van der Waals surface area contributed by atoms with Crippen LogP contribution in [0.4, 0.5) is 8.78 Å². The first-order valence-electron chi connectivity index (χ1n) is 7.52. The quantitative estimate of drug-likeness (QED) is 0.872. The number of carbonyl (C=O) groups excluding carboxylic acids is 1. The number of nitrogens with zero attached hydrogens (tertiary/aromatic N) is 2. The van der Waals surface area contributed by atoms with Gasteiger partial charge in [0.1, 0.15) is 17.4 Å². The molecule has 1 aliphatic heterocycles. The van der Waals surface area contributed by atoms with Crippen molar-refractivity contribution in [1.82, 2.24) is 5.43 Å². The molecular weight excluding hydrogens is 328 g/mol. The van der Waals surface area contributed by atoms with E-state index >= 15 is 0 Å². The largest absolute Gasteiger partial charge is 0.492 e. The first kappa shape index (κ1) is 16.6. The Kier molecular flexibility index (Phi) is 4.70. The lowest BCUT2D eigenvalue weighted by Gasteiger charge is -2.25. The number of rotatable bonds is 3. The molecule has 7 heteroatoms. The smallest absolute Gasteiger partial charge is 0.274 e. The second-order valence-corrected chi connectivity index (χ2v) is 5.43. The van der Waals surface area contributed by atoms with Crippen molar-refractivity contribution in [3.05, 3.63) is 65.2 Å². The van der Waals surface area contributed by atoms with Gasteiger partial charge in [-0.2, -0.15) is 10.4 Å². The number of carbonyl (C=O) groups is 1. The average Bonchev–Trinajstić information content (AvgIpc) is 2.62. The van der Waals surface area contributed by atoms with Crippen LogP contribution in [0, 0.1) is 28.9 Å². The standard InChI is InChI=1S/C18H13F2N3O2/c19-12-5-6-15(20)14(9-12)18(24)23-22-17-11(7-8-21)10-25-16-4-2-1-3-13(16)17/h1-6,9,11H,7,10H2,(H,23,24)/b22-17-. The van der Waals surface area contributed by atoms with Crippen molar-refractivity contribution in [2.24, 2.45) is 11.0 Å². The van der Waals surface area contributed by atoms with Crippen LogP contribution in [-0.2, 0) is 0 Å². The summed E-state index contributed by atoms with van der Waals surface area (Å²) in [6, 6.07) is 11.7. The molecule has 1 unspecified atom stereocenters. The van der Waals surface area contributed by atoms with Crippen LogP contribution in [-0.4, -0.2) is 18.2 Å². The van der Waals surface area contributed by atoms with E-state index in [1.807, 2.05) is 0 Å². The number of hydrogen-bond acceptors (Lipinski definition) is 4. The number of halogens is 2. The highest BCUT2D eigenvalue weighted by Gasteiger charge is 2.27. The highest BCUT2D eigenvalue weighted by Crippen LogP contribution is 2.28. The van der Waals surface area contributed by atoms with Crippen molar-refractivity contribution < 1.29 is 18.3 Å². The molecule has 1 aliphatic rings. The number of nitriles is 1. The van der Waals surface area contributed by atoms with Crippen LogP contribution in [0.2, 0.25) is 0 Å². The Balaban J connectivity index is 1.91. The normalized spacial score (nSPS) is 17.3. The summed E-state index contributed by atoms with van der Waals surface area (Å²) in [5.41, 5.74) is 2.91. The summed E-state index contributed by atoms with van der Waals surface area (Å²) in [5, 5.41) is 13.0. The number of hydrogen-bond donors (Lipinski definition) is 1. The zero-order valence-corrected chi connectivity index (χ0v) is 13.0. The van der Waals surface area contributed by atoms with Crippen molar-refractivity contribution in [1.29, 1.82) is 5.26 Å². The monoisotopic (exact) mass is 341 g/mol. The van der Waals surface area contributed by atoms with Gasteiger partial charge in [0.05, 0.1) is 29.9 Å². The van der Waals surface area contributed by atoms with E-state index in [4.69, 9.17) is 10.00 Å². The molecule has 3 rings (SSSR count). The number of hydrazone groups is 1. The molecule has 2 aromatic carbocycles. The summed E-state index contributed by atoms with van der Waals surface area (Å²) < 4.78 is 32.5. The first-order chi connectivity index (χ1) is 12.1. The maximum absolute atomic E-state index is 13.7. The number of ether oxygens (including phenoxy) is 1. The molecule has 0 spiro atoms. The van der Waals surface area contributed by atoms with Crippen molar-refractivity contribution in [3.63, 3.8) is 0 Å². The summed E-state index contributed by atoms with van der Waals surface area (Å²) in [6.07, 6.45) is 0.150. The molecular formula is C18H13F2N3O2. The second kappa shape index (κ2) is 7.09. The molecule has 0 saturated carbocycles. The highest BCUT2D eigenvalue weighted by molar-refractivity contribution is 6.06. The van der Waals surface area contributed by atoms with E-state index in [1.54, 1.807) is 24.3 Å². The maximum atomic E-state index is 13.7. The molecule has 1 atom stereocenters. The molecule has 126 valence electrons. The van der Waals surface area contributed by atoms with Gasteiger partial charge in [-0.1, -0.05) is 12.1 Å². The van der Waals surface area contributed by atoms with Crippen LogP contribution in [0.5, 0.6) is 5.75 Å². The van der Waals surface area contributed by atoms with Crippen LogP contribution >= 0.6 is 0 Å². The molecule has 0 bridgehead atoms. The Hall–Kier alpha value is -3.27. The van der Waals surface area contributed by atoms with Crippen LogP contribution in [0.3, 0.4) is 0 Å². The minimum absolute atomic E-state index is 0.150. The summed E-state index contributed by atoms with van der Waals surface area (Å²) in [6.45, 7) is 0.244. The molecule has 0 aromatic heterocycles. The Morgan fingerprint density at radius 2 is 2.12 bits per heavy atom. The topological polar surface area (TPSA) is 74.5 Å². The molecule has 0 fully saturated rings. The maximum Gasteiger partial charge on any atom is 0.274 e. The molecule has 1 heterocycles. The average molecular weight is 341 g/mol. The van der Waals surface area contributed by atoms with Gasteiger partial charge in [0.15, 0.2) is 0 Å². The Morgan fingerprint density at radius 3 is 2.92 bits per heavy atom. The summed E-state index contributed by atoms with van der Waals surface area (Å²) in [4.78, 5) is 12.1. The van der Waals surface area contributed by atoms with Gasteiger partial charge >= 0.3 is 0 Å². The van der Waals surface area contributed by atoms with Crippen LogP contribution in [0.1, 0.15) is 22.3 Å². The van der Waals surface area contributed by atoms with Gasteiger partial charge in [0.2, 0.25) is 0 Å². The molecule has 0 saturated heterocycles. The van der Waals surface area contributed by atoms with Gasteiger partial charge < -0.3 is 4.74 Å². The Labute approximate surface area is 142 Å². The van der Waals surface area contributed by atoms with Crippen molar-refractivity contribution >= 4 is 11.6 Å². The molecule has 25 heavy (non-hydrogen) atoms. The van der Waals surface area contributed by atoms with Gasteiger partial charge in [0.25, 0.3) is 5.91 Å². The Morgan fingerprint density at radius 1 is 1.32 bits per heavy atom. The van der Waals surface area contributed by atoms with E-state index in [-0.39, 0.29) is 18.9 Å². The zero-order valence-electron chi connectivity index (χ0n) is 13.0. The van der Waals surface area contributed by atoms with Crippen LogP contribution < -0.4 is 10.2 Å². The molecule has 1 amide bonds. The SMILES string of the molecule is N#CCC1COc2ccccc2/C1=N\NC(=O)c1cc(F)ccc1F. The third kappa shape index (κ3) is 3.48. The Bertz CT molecular complexity index is 890. The third-order valence-corrected chi connectivity index (χ3v) is 3.78. The molecule has 2 aromatic rings. The molecule has 0 aliphatic carbocycles. The molecule has 0 radical (unpaired) electrons. The lowest BCUT2D eigenvalue weighted by molar-refractivity contribution is 0.0950. The third-order valence-electron chi connectivity index (χ3n) is 3.78. The summed E-state index contributed by atoms with van der Waals surface area (Å²) in [7, 11) is 0. The van der Waals surface area contributed by atoms with Gasteiger partial charge in [-0.05, 0) is 30.3 Å². The van der Waals surface area contributed by atoms with Crippen LogP contribution in [0.15, 0.2) is 47.6 Å². The van der Waals surface area contributed by atoms with E-state index < -0.39 is 23.1 Å². The number of para-hydroxylation sites is 1. The lowest BCUT2D eigenvalue weighted by atomic mass is 9.92. The zero-order chi connectivity index (χ0) is 17.8. The van der Waals surface area contributed by atoms with Gasteiger partial charge in [-0.15, -0.1) is 0 Å². The van der Waals surface area contributed by atoms with Gasteiger partial charge in [0, 0.05) is 12.0 Å². The second-order valence-electron chi connectivity index (χ2n) is 5.43. The summed E-state index contributed by atoms with van der Waals surface area (Å²) in [5.74, 6) is -2.19. The van der Waals surface area contributed by atoms with E-state index in [2.05, 4.69) is 16.6 Å². The van der Waals surface area contributed by atoms with Crippen LogP contribution in [0.25, 0.3) is 0 Å². The van der Waals surface area contributed by atoms with Gasteiger partial charge in [-0.25, -0.2) is 14.2 Å². The summed E-state index contributed by atoms with van der Waals surface area (Å²) >= 11 is 0. The van der Waals surface area contributed by atoms with Crippen molar-refractivity contribution in [2.45, 2.75) is 6.42 Å². The highest BCUT2D eigenvalue weighted by atomic mass is 19.1. The van der Waals surface area contributed by atoms with E-state index in [1.165, 1.54) is 0 Å². The first-order valence-corrected chi connectivity index (χ1v) is 7.52. The predicted molar refractivity (Wildman–Crippen MR) is 86.0 cm³/mol. The fraction of sp³-hybridized carbons (Fsp3) is 0.167. The molecule has 1 N–H and O–H groups in total. The van der Waals surface area contributed by atoms with Gasteiger partial charge in [-0.3, -0.25) is 4.79 Å². The predicted octanol–water partition coefficient (Wildman–Crippen LogP) is 3.02. The number of amides is 1. The van der Waals surface area contributed by atoms with E-state index in [9.17, 15) is 13.6 Å². The minimum Gasteiger partial charge on any atom is -0.492 e. The van der Waals surface area contributed by atoms with E-state index in [0.29, 0.717) is 17.0 Å². The number of fused-ring (bicyclic) bond motifs is 1.